The van der Waals surface area contributed by atoms with Crippen molar-refractivity contribution in [2.75, 3.05) is 39.8 Å². The Kier molecular flexibility index (Phi) is 9.87. The average molecular weight is 320 g/mol. The van der Waals surface area contributed by atoms with Gasteiger partial charge in [0.05, 0.1) is 6.61 Å². The predicted molar refractivity (Wildman–Crippen MR) is 98.3 cm³/mol. The van der Waals surface area contributed by atoms with Gasteiger partial charge < -0.3 is 15.4 Å². The molecule has 2 N–H and O–H groups in total. The van der Waals surface area contributed by atoms with Crippen molar-refractivity contribution in [2.24, 2.45) is 4.99 Å². The van der Waals surface area contributed by atoms with Crippen LogP contribution < -0.4 is 15.4 Å². The normalized spacial score (nSPS) is 13.0. The van der Waals surface area contributed by atoms with Crippen LogP contribution in [0.25, 0.3) is 0 Å². The SMILES string of the molecule is CCN(CC)C(C)CNC(=NC)NCCCOc1ccccc1. The molecule has 0 saturated carbocycles. The number of ether oxygens (including phenoxy) is 1. The summed E-state index contributed by atoms with van der Waals surface area (Å²) in [5.41, 5.74) is 0. The summed E-state index contributed by atoms with van der Waals surface area (Å²) in [5.74, 6) is 1.77. The van der Waals surface area contributed by atoms with Gasteiger partial charge in [-0.1, -0.05) is 32.0 Å². The van der Waals surface area contributed by atoms with Crippen molar-refractivity contribution in [1.29, 1.82) is 0 Å². The molecule has 0 aromatic heterocycles. The zero-order valence-electron chi connectivity index (χ0n) is 15.0. The lowest BCUT2D eigenvalue weighted by Crippen LogP contribution is -2.46. The number of guanidine groups is 1. The summed E-state index contributed by atoms with van der Waals surface area (Å²) in [6, 6.07) is 10.4. The van der Waals surface area contributed by atoms with Crippen molar-refractivity contribution in [3.63, 3.8) is 0 Å². The van der Waals surface area contributed by atoms with Gasteiger partial charge in [-0.05, 0) is 38.6 Å². The van der Waals surface area contributed by atoms with Crippen LogP contribution in [-0.2, 0) is 0 Å². The highest BCUT2D eigenvalue weighted by molar-refractivity contribution is 5.79. The van der Waals surface area contributed by atoms with Crippen molar-refractivity contribution in [2.45, 2.75) is 33.2 Å². The molecule has 0 saturated heterocycles. The number of hydrogen-bond donors (Lipinski definition) is 2. The Morgan fingerprint density at radius 2 is 1.87 bits per heavy atom. The van der Waals surface area contributed by atoms with E-state index in [1.165, 1.54) is 0 Å². The second kappa shape index (κ2) is 11.8. The zero-order chi connectivity index (χ0) is 16.9. The van der Waals surface area contributed by atoms with Gasteiger partial charge in [0.15, 0.2) is 5.96 Å². The van der Waals surface area contributed by atoms with Gasteiger partial charge in [0.25, 0.3) is 0 Å². The predicted octanol–water partition coefficient (Wildman–Crippen LogP) is 2.35. The fourth-order valence-corrected chi connectivity index (χ4v) is 2.43. The van der Waals surface area contributed by atoms with E-state index in [0.717, 1.165) is 44.3 Å². The van der Waals surface area contributed by atoms with Crippen molar-refractivity contribution in [3.8, 4) is 5.75 Å². The molecule has 5 nitrogen and oxygen atoms in total. The van der Waals surface area contributed by atoms with Crippen LogP contribution in [0, 0.1) is 0 Å². The molecule has 1 aromatic carbocycles. The minimum atomic E-state index is 0.491. The van der Waals surface area contributed by atoms with E-state index in [-0.39, 0.29) is 0 Å². The lowest BCUT2D eigenvalue weighted by Gasteiger charge is -2.27. The van der Waals surface area contributed by atoms with Gasteiger partial charge in [-0.15, -0.1) is 0 Å². The van der Waals surface area contributed by atoms with E-state index >= 15 is 0 Å². The summed E-state index contributed by atoms with van der Waals surface area (Å²) in [6.45, 7) is 11.2. The van der Waals surface area contributed by atoms with Crippen LogP contribution in [0.2, 0.25) is 0 Å². The van der Waals surface area contributed by atoms with Crippen molar-refractivity contribution < 1.29 is 4.74 Å². The molecule has 1 unspecified atom stereocenters. The number of nitrogens with zero attached hydrogens (tertiary/aromatic N) is 2. The van der Waals surface area contributed by atoms with E-state index in [1.807, 2.05) is 30.3 Å². The third kappa shape index (κ3) is 7.88. The minimum absolute atomic E-state index is 0.491. The van der Waals surface area contributed by atoms with Crippen LogP contribution in [0.15, 0.2) is 35.3 Å². The minimum Gasteiger partial charge on any atom is -0.494 e. The molecule has 0 spiro atoms. The summed E-state index contributed by atoms with van der Waals surface area (Å²) < 4.78 is 5.67. The fourth-order valence-electron chi connectivity index (χ4n) is 2.43. The first-order valence-corrected chi connectivity index (χ1v) is 8.57. The Bertz CT molecular complexity index is 432. The molecular formula is C18H32N4O. The van der Waals surface area contributed by atoms with Crippen LogP contribution in [0.1, 0.15) is 27.2 Å². The number of para-hydroxylation sites is 1. The molecule has 5 heteroatoms. The summed E-state index contributed by atoms with van der Waals surface area (Å²) in [5, 5.41) is 6.71. The molecule has 1 rings (SSSR count). The zero-order valence-corrected chi connectivity index (χ0v) is 15.0. The van der Waals surface area contributed by atoms with E-state index < -0.39 is 0 Å². The van der Waals surface area contributed by atoms with Gasteiger partial charge in [-0.3, -0.25) is 9.89 Å². The first-order chi connectivity index (χ1) is 11.2. The Morgan fingerprint density at radius 1 is 1.17 bits per heavy atom. The highest BCUT2D eigenvalue weighted by Crippen LogP contribution is 2.07. The molecule has 130 valence electrons. The summed E-state index contributed by atoms with van der Waals surface area (Å²) in [4.78, 5) is 6.69. The molecule has 0 fully saturated rings. The molecule has 0 aliphatic heterocycles. The second-order valence-electron chi connectivity index (χ2n) is 5.47. The molecular weight excluding hydrogens is 288 g/mol. The highest BCUT2D eigenvalue weighted by atomic mass is 16.5. The molecule has 1 aromatic rings. The number of aliphatic imine (C=N–C) groups is 1. The standard InChI is InChI=1S/C18H32N4O/c1-5-22(6-2)16(3)15-21-18(19-4)20-13-10-14-23-17-11-8-7-9-12-17/h7-9,11-12,16H,5-6,10,13-15H2,1-4H3,(H2,19,20,21). The van der Waals surface area contributed by atoms with Crippen LogP contribution >= 0.6 is 0 Å². The lowest BCUT2D eigenvalue weighted by atomic mass is 10.3. The van der Waals surface area contributed by atoms with Gasteiger partial charge >= 0.3 is 0 Å². The maximum absolute atomic E-state index is 5.67. The fraction of sp³-hybridized carbons (Fsp3) is 0.611. The van der Waals surface area contributed by atoms with Crippen LogP contribution in [0.5, 0.6) is 5.75 Å². The van der Waals surface area contributed by atoms with Crippen LogP contribution in [0.3, 0.4) is 0 Å². The molecule has 0 heterocycles. The largest absolute Gasteiger partial charge is 0.494 e. The van der Waals surface area contributed by atoms with Crippen molar-refractivity contribution in [3.05, 3.63) is 30.3 Å². The molecule has 1 atom stereocenters. The molecule has 0 radical (unpaired) electrons. The summed E-state index contributed by atoms with van der Waals surface area (Å²) in [7, 11) is 1.80. The first-order valence-electron chi connectivity index (χ1n) is 8.57. The highest BCUT2D eigenvalue weighted by Gasteiger charge is 2.10. The Morgan fingerprint density at radius 3 is 2.48 bits per heavy atom. The van der Waals surface area contributed by atoms with Crippen LogP contribution in [-0.4, -0.2) is 56.7 Å². The molecule has 0 aliphatic rings. The van der Waals surface area contributed by atoms with Crippen molar-refractivity contribution in [1.82, 2.24) is 15.5 Å². The van der Waals surface area contributed by atoms with E-state index in [0.29, 0.717) is 12.6 Å². The topological polar surface area (TPSA) is 48.9 Å². The van der Waals surface area contributed by atoms with E-state index in [1.54, 1.807) is 7.05 Å². The third-order valence-corrected chi connectivity index (χ3v) is 3.85. The molecule has 0 bridgehead atoms. The van der Waals surface area contributed by atoms with Gasteiger partial charge in [0, 0.05) is 26.2 Å². The smallest absolute Gasteiger partial charge is 0.191 e. The average Bonchev–Trinajstić information content (AvgIpc) is 2.59. The Balaban J connectivity index is 2.16. The van der Waals surface area contributed by atoms with E-state index in [4.69, 9.17) is 4.74 Å². The Labute approximate surface area is 141 Å². The Hall–Kier alpha value is -1.75. The molecule has 0 aliphatic carbocycles. The monoisotopic (exact) mass is 320 g/mol. The molecule has 23 heavy (non-hydrogen) atoms. The number of hydrogen-bond acceptors (Lipinski definition) is 3. The first kappa shape index (κ1) is 19.3. The number of nitrogens with one attached hydrogen (secondary N) is 2. The lowest BCUT2D eigenvalue weighted by molar-refractivity contribution is 0.231. The number of likely N-dealkylation sites (N-methyl/N-ethyl adjacent to an activating group) is 1. The van der Waals surface area contributed by atoms with Gasteiger partial charge in [-0.2, -0.15) is 0 Å². The maximum atomic E-state index is 5.67. The van der Waals surface area contributed by atoms with Gasteiger partial charge in [0.2, 0.25) is 0 Å². The number of rotatable bonds is 10. The maximum Gasteiger partial charge on any atom is 0.191 e. The second-order valence-corrected chi connectivity index (χ2v) is 5.47. The van der Waals surface area contributed by atoms with Gasteiger partial charge in [0.1, 0.15) is 5.75 Å². The van der Waals surface area contributed by atoms with E-state index in [2.05, 4.69) is 41.3 Å². The third-order valence-electron chi connectivity index (χ3n) is 3.85. The summed E-state index contributed by atoms with van der Waals surface area (Å²) in [6.07, 6.45) is 0.932. The van der Waals surface area contributed by atoms with Crippen molar-refractivity contribution >= 4 is 5.96 Å². The van der Waals surface area contributed by atoms with Gasteiger partial charge in [-0.25, -0.2) is 0 Å². The van der Waals surface area contributed by atoms with E-state index in [9.17, 15) is 0 Å². The molecule has 0 amide bonds. The van der Waals surface area contributed by atoms with Crippen LogP contribution in [0.4, 0.5) is 0 Å². The quantitative estimate of drug-likeness (QED) is 0.395. The summed E-state index contributed by atoms with van der Waals surface area (Å²) >= 11 is 0. The number of benzene rings is 1.